The lowest BCUT2D eigenvalue weighted by Crippen LogP contribution is -2.25. The van der Waals surface area contributed by atoms with Gasteiger partial charge >= 0.3 is 0 Å². The molecule has 0 aliphatic heterocycles. The fourth-order valence-electron chi connectivity index (χ4n) is 1.46. The first kappa shape index (κ1) is 12.9. The van der Waals surface area contributed by atoms with Crippen molar-refractivity contribution < 1.29 is 4.74 Å². The van der Waals surface area contributed by atoms with Crippen molar-refractivity contribution in [1.82, 2.24) is 5.32 Å². The van der Waals surface area contributed by atoms with Crippen LogP contribution in [-0.2, 0) is 4.74 Å². The Morgan fingerprint density at radius 1 is 1.08 bits per heavy atom. The summed E-state index contributed by atoms with van der Waals surface area (Å²) >= 11 is 0. The summed E-state index contributed by atoms with van der Waals surface area (Å²) in [6.45, 7) is 6.22. The number of ether oxygens (including phenoxy) is 1. The average Bonchev–Trinajstić information content (AvgIpc) is 2.16. The molecule has 0 aliphatic rings. The van der Waals surface area contributed by atoms with Crippen LogP contribution in [0.25, 0.3) is 0 Å². The van der Waals surface area contributed by atoms with Gasteiger partial charge in [0.15, 0.2) is 0 Å². The highest BCUT2D eigenvalue weighted by Gasteiger charge is 2.03. The molecule has 0 aromatic rings. The number of nitrogens with one attached hydrogen (secondary N) is 1. The van der Waals surface area contributed by atoms with Gasteiger partial charge in [-0.25, -0.2) is 0 Å². The first-order chi connectivity index (χ1) is 6.35. The SMILES string of the molecule is CCCOCCCC(CCC)NC. The zero-order valence-corrected chi connectivity index (χ0v) is 9.44. The second-order valence-corrected chi connectivity index (χ2v) is 3.53. The van der Waals surface area contributed by atoms with Crippen LogP contribution in [0.1, 0.15) is 46.0 Å². The average molecular weight is 187 g/mol. The predicted octanol–water partition coefficient (Wildman–Crippen LogP) is 2.58. The molecule has 80 valence electrons. The summed E-state index contributed by atoms with van der Waals surface area (Å²) in [5, 5.41) is 3.34. The van der Waals surface area contributed by atoms with E-state index in [1.807, 2.05) is 7.05 Å². The third-order valence-electron chi connectivity index (χ3n) is 2.24. The van der Waals surface area contributed by atoms with E-state index in [2.05, 4.69) is 19.2 Å². The Bertz CT molecular complexity index is 96.1. The van der Waals surface area contributed by atoms with Gasteiger partial charge in [0.05, 0.1) is 0 Å². The van der Waals surface area contributed by atoms with E-state index in [1.54, 1.807) is 0 Å². The van der Waals surface area contributed by atoms with Crippen molar-refractivity contribution in [2.45, 2.75) is 52.0 Å². The molecule has 0 radical (unpaired) electrons. The lowest BCUT2D eigenvalue weighted by Gasteiger charge is -2.14. The normalized spacial score (nSPS) is 13.2. The topological polar surface area (TPSA) is 21.3 Å². The first-order valence-corrected chi connectivity index (χ1v) is 5.60. The third-order valence-corrected chi connectivity index (χ3v) is 2.24. The molecule has 1 atom stereocenters. The summed E-state index contributed by atoms with van der Waals surface area (Å²) in [5.41, 5.74) is 0. The van der Waals surface area contributed by atoms with Crippen molar-refractivity contribution in [3.63, 3.8) is 0 Å². The van der Waals surface area contributed by atoms with Crippen LogP contribution in [0.2, 0.25) is 0 Å². The molecule has 0 bridgehead atoms. The van der Waals surface area contributed by atoms with E-state index in [4.69, 9.17) is 4.74 Å². The minimum absolute atomic E-state index is 0.690. The van der Waals surface area contributed by atoms with Crippen LogP contribution >= 0.6 is 0 Å². The van der Waals surface area contributed by atoms with Crippen LogP contribution in [0.5, 0.6) is 0 Å². The molecule has 0 aromatic carbocycles. The monoisotopic (exact) mass is 187 g/mol. The highest BCUT2D eigenvalue weighted by atomic mass is 16.5. The van der Waals surface area contributed by atoms with Gasteiger partial charge in [0, 0.05) is 19.3 Å². The molecule has 0 rings (SSSR count). The van der Waals surface area contributed by atoms with Gasteiger partial charge in [-0.05, 0) is 32.7 Å². The quantitative estimate of drug-likeness (QED) is 0.560. The number of hydrogen-bond donors (Lipinski definition) is 1. The fraction of sp³-hybridized carbons (Fsp3) is 1.00. The second kappa shape index (κ2) is 10.0. The van der Waals surface area contributed by atoms with Crippen LogP contribution < -0.4 is 5.32 Å². The van der Waals surface area contributed by atoms with Gasteiger partial charge in [-0.3, -0.25) is 0 Å². The van der Waals surface area contributed by atoms with Crippen LogP contribution in [0.15, 0.2) is 0 Å². The molecule has 2 heteroatoms. The maximum absolute atomic E-state index is 5.43. The zero-order chi connectivity index (χ0) is 9.94. The van der Waals surface area contributed by atoms with Gasteiger partial charge in [-0.15, -0.1) is 0 Å². The Labute approximate surface area is 83.1 Å². The van der Waals surface area contributed by atoms with Gasteiger partial charge in [0.1, 0.15) is 0 Å². The van der Waals surface area contributed by atoms with Crippen molar-refractivity contribution in [2.24, 2.45) is 0 Å². The summed E-state index contributed by atoms with van der Waals surface area (Å²) in [6, 6.07) is 0.690. The molecule has 0 spiro atoms. The van der Waals surface area contributed by atoms with E-state index in [-0.39, 0.29) is 0 Å². The summed E-state index contributed by atoms with van der Waals surface area (Å²) < 4.78 is 5.43. The Morgan fingerprint density at radius 2 is 1.85 bits per heavy atom. The summed E-state index contributed by atoms with van der Waals surface area (Å²) in [6.07, 6.45) is 6.11. The Hall–Kier alpha value is -0.0800. The molecule has 0 saturated heterocycles. The van der Waals surface area contributed by atoms with Gasteiger partial charge < -0.3 is 10.1 Å². The summed E-state index contributed by atoms with van der Waals surface area (Å²) in [7, 11) is 2.05. The molecular weight excluding hydrogens is 162 g/mol. The highest BCUT2D eigenvalue weighted by molar-refractivity contribution is 4.62. The lowest BCUT2D eigenvalue weighted by atomic mass is 10.1. The maximum atomic E-state index is 5.43. The molecule has 0 fully saturated rings. The molecule has 1 N–H and O–H groups in total. The maximum Gasteiger partial charge on any atom is 0.0466 e. The zero-order valence-electron chi connectivity index (χ0n) is 9.44. The van der Waals surface area contributed by atoms with Crippen molar-refractivity contribution >= 4 is 0 Å². The van der Waals surface area contributed by atoms with Gasteiger partial charge in [0.2, 0.25) is 0 Å². The lowest BCUT2D eigenvalue weighted by molar-refractivity contribution is 0.128. The molecule has 13 heavy (non-hydrogen) atoms. The second-order valence-electron chi connectivity index (χ2n) is 3.53. The molecular formula is C11H25NO. The summed E-state index contributed by atoms with van der Waals surface area (Å²) in [4.78, 5) is 0. The van der Waals surface area contributed by atoms with Crippen LogP contribution in [0.3, 0.4) is 0 Å². The minimum atomic E-state index is 0.690. The van der Waals surface area contributed by atoms with E-state index in [9.17, 15) is 0 Å². The molecule has 0 heterocycles. The van der Waals surface area contributed by atoms with Crippen LogP contribution in [0, 0.1) is 0 Å². The van der Waals surface area contributed by atoms with Crippen LogP contribution in [0.4, 0.5) is 0 Å². The molecule has 0 saturated carbocycles. The molecule has 2 nitrogen and oxygen atoms in total. The van der Waals surface area contributed by atoms with Crippen molar-refractivity contribution in [3.05, 3.63) is 0 Å². The molecule has 0 aromatic heterocycles. The van der Waals surface area contributed by atoms with E-state index in [0.29, 0.717) is 6.04 Å². The van der Waals surface area contributed by atoms with Crippen molar-refractivity contribution in [2.75, 3.05) is 20.3 Å². The first-order valence-electron chi connectivity index (χ1n) is 5.60. The van der Waals surface area contributed by atoms with Crippen molar-refractivity contribution in [1.29, 1.82) is 0 Å². The van der Waals surface area contributed by atoms with E-state index in [0.717, 1.165) is 19.6 Å². The molecule has 0 aliphatic carbocycles. The van der Waals surface area contributed by atoms with E-state index in [1.165, 1.54) is 25.7 Å². The standard InChI is InChI=1S/C11H25NO/c1-4-7-11(12-3)8-6-10-13-9-5-2/h11-12H,4-10H2,1-3H3. The smallest absolute Gasteiger partial charge is 0.0466 e. The number of hydrogen-bond acceptors (Lipinski definition) is 2. The highest BCUT2D eigenvalue weighted by Crippen LogP contribution is 2.04. The Morgan fingerprint density at radius 3 is 2.38 bits per heavy atom. The van der Waals surface area contributed by atoms with E-state index < -0.39 is 0 Å². The Kier molecular flexibility index (Phi) is 9.94. The third kappa shape index (κ3) is 8.26. The van der Waals surface area contributed by atoms with Gasteiger partial charge in [-0.1, -0.05) is 20.3 Å². The van der Waals surface area contributed by atoms with Gasteiger partial charge in [-0.2, -0.15) is 0 Å². The predicted molar refractivity (Wildman–Crippen MR) is 58.1 cm³/mol. The minimum Gasteiger partial charge on any atom is -0.381 e. The fourth-order valence-corrected chi connectivity index (χ4v) is 1.46. The molecule has 1 unspecified atom stereocenters. The number of rotatable bonds is 9. The van der Waals surface area contributed by atoms with Gasteiger partial charge in [0.25, 0.3) is 0 Å². The van der Waals surface area contributed by atoms with Crippen molar-refractivity contribution in [3.8, 4) is 0 Å². The van der Waals surface area contributed by atoms with E-state index >= 15 is 0 Å². The molecule has 0 amide bonds. The summed E-state index contributed by atoms with van der Waals surface area (Å²) in [5.74, 6) is 0. The van der Waals surface area contributed by atoms with Crippen LogP contribution in [-0.4, -0.2) is 26.3 Å². The Balaban J connectivity index is 3.17. The largest absolute Gasteiger partial charge is 0.381 e.